The van der Waals surface area contributed by atoms with Crippen LogP contribution in [0, 0.1) is 6.92 Å². The zero-order valence-corrected chi connectivity index (χ0v) is 12.6. The summed E-state index contributed by atoms with van der Waals surface area (Å²) in [4.78, 5) is 29.2. The number of amides is 1. The molecule has 0 spiro atoms. The second kappa shape index (κ2) is 6.62. The van der Waals surface area contributed by atoms with Crippen LogP contribution in [-0.4, -0.2) is 56.8 Å². The lowest BCUT2D eigenvalue weighted by molar-refractivity contribution is 0.0621. The third kappa shape index (κ3) is 3.46. The number of hydrogen-bond acceptors (Lipinski definition) is 5. The molecule has 0 aliphatic carbocycles. The van der Waals surface area contributed by atoms with Crippen LogP contribution >= 0.6 is 0 Å². The molecule has 114 valence electrons. The molecule has 22 heavy (non-hydrogen) atoms. The molecule has 0 aromatic carbocycles. The van der Waals surface area contributed by atoms with E-state index in [0.717, 1.165) is 25.3 Å². The Kier molecular flexibility index (Phi) is 4.39. The Balaban J connectivity index is 1.56. The fraction of sp³-hybridized carbons (Fsp3) is 0.375. The molecule has 0 atom stereocenters. The number of nitrogens with zero attached hydrogens (tertiary/aromatic N) is 5. The first-order valence-corrected chi connectivity index (χ1v) is 7.43. The molecule has 0 saturated carbocycles. The molecular weight excluding hydrogens is 278 g/mol. The predicted octanol–water partition coefficient (Wildman–Crippen LogP) is 1.14. The van der Waals surface area contributed by atoms with Crippen molar-refractivity contribution in [1.82, 2.24) is 24.8 Å². The van der Waals surface area contributed by atoms with Gasteiger partial charge in [-0.25, -0.2) is 9.97 Å². The Morgan fingerprint density at radius 1 is 1.09 bits per heavy atom. The number of carbonyl (C=O) groups excluding carboxylic acids is 1. The van der Waals surface area contributed by atoms with E-state index in [-0.39, 0.29) is 5.91 Å². The van der Waals surface area contributed by atoms with Gasteiger partial charge in [0.2, 0.25) is 0 Å². The largest absolute Gasteiger partial charge is 0.335 e. The highest BCUT2D eigenvalue weighted by Gasteiger charge is 2.23. The van der Waals surface area contributed by atoms with E-state index in [4.69, 9.17) is 0 Å². The number of aryl methyl sites for hydroxylation is 1. The summed E-state index contributed by atoms with van der Waals surface area (Å²) in [7, 11) is 0. The van der Waals surface area contributed by atoms with E-state index in [1.807, 2.05) is 29.3 Å². The maximum atomic E-state index is 12.4. The third-order valence-electron chi connectivity index (χ3n) is 3.77. The number of rotatable bonds is 3. The van der Waals surface area contributed by atoms with Crippen molar-refractivity contribution < 1.29 is 4.79 Å². The molecule has 0 bridgehead atoms. The first-order valence-electron chi connectivity index (χ1n) is 7.43. The molecule has 1 aliphatic rings. The second-order valence-corrected chi connectivity index (χ2v) is 5.38. The second-order valence-electron chi connectivity index (χ2n) is 5.38. The minimum absolute atomic E-state index is 0.0111. The van der Waals surface area contributed by atoms with Crippen molar-refractivity contribution in [2.45, 2.75) is 13.5 Å². The predicted molar refractivity (Wildman–Crippen MR) is 82.2 cm³/mol. The van der Waals surface area contributed by atoms with Crippen LogP contribution in [0.2, 0.25) is 0 Å². The van der Waals surface area contributed by atoms with Gasteiger partial charge in [0, 0.05) is 45.1 Å². The summed E-state index contributed by atoms with van der Waals surface area (Å²) < 4.78 is 0. The molecule has 2 aromatic rings. The van der Waals surface area contributed by atoms with Crippen molar-refractivity contribution in [2.24, 2.45) is 0 Å². The zero-order valence-electron chi connectivity index (χ0n) is 12.6. The van der Waals surface area contributed by atoms with Gasteiger partial charge in [-0.15, -0.1) is 0 Å². The van der Waals surface area contributed by atoms with Gasteiger partial charge in [-0.2, -0.15) is 0 Å². The molecule has 3 heterocycles. The normalized spacial score (nSPS) is 15.8. The van der Waals surface area contributed by atoms with E-state index in [2.05, 4.69) is 19.9 Å². The van der Waals surface area contributed by atoms with E-state index in [9.17, 15) is 4.79 Å². The van der Waals surface area contributed by atoms with Gasteiger partial charge in [-0.3, -0.25) is 14.7 Å². The fourth-order valence-electron chi connectivity index (χ4n) is 2.57. The van der Waals surface area contributed by atoms with Crippen LogP contribution in [0.5, 0.6) is 0 Å². The summed E-state index contributed by atoms with van der Waals surface area (Å²) in [5.74, 6) is 0.614. The molecule has 1 saturated heterocycles. The SMILES string of the molecule is Cc1nccc(C(=O)N2CCN(Cc3ccccn3)CC2)n1. The van der Waals surface area contributed by atoms with E-state index in [0.29, 0.717) is 24.6 Å². The highest BCUT2D eigenvalue weighted by Crippen LogP contribution is 2.09. The van der Waals surface area contributed by atoms with Gasteiger partial charge in [-0.05, 0) is 25.1 Å². The van der Waals surface area contributed by atoms with Gasteiger partial charge in [0.05, 0.1) is 5.69 Å². The topological polar surface area (TPSA) is 62.2 Å². The Morgan fingerprint density at radius 3 is 2.59 bits per heavy atom. The van der Waals surface area contributed by atoms with Crippen molar-refractivity contribution in [1.29, 1.82) is 0 Å². The molecule has 2 aromatic heterocycles. The number of piperazine rings is 1. The van der Waals surface area contributed by atoms with Gasteiger partial charge >= 0.3 is 0 Å². The van der Waals surface area contributed by atoms with Crippen LogP contribution < -0.4 is 0 Å². The first kappa shape index (κ1) is 14.6. The van der Waals surface area contributed by atoms with Crippen LogP contribution in [0.25, 0.3) is 0 Å². The highest BCUT2D eigenvalue weighted by molar-refractivity contribution is 5.92. The Bertz CT molecular complexity index is 638. The molecule has 1 aliphatic heterocycles. The van der Waals surface area contributed by atoms with E-state index in [1.54, 1.807) is 19.2 Å². The van der Waals surface area contributed by atoms with Gasteiger partial charge in [0.25, 0.3) is 5.91 Å². The summed E-state index contributed by atoms with van der Waals surface area (Å²) in [5, 5.41) is 0. The molecule has 6 nitrogen and oxygen atoms in total. The summed E-state index contributed by atoms with van der Waals surface area (Å²) in [6.45, 7) is 5.76. The average molecular weight is 297 g/mol. The minimum Gasteiger partial charge on any atom is -0.335 e. The van der Waals surface area contributed by atoms with Crippen molar-refractivity contribution in [3.05, 3.63) is 53.9 Å². The van der Waals surface area contributed by atoms with Crippen LogP contribution in [-0.2, 0) is 6.54 Å². The van der Waals surface area contributed by atoms with E-state index < -0.39 is 0 Å². The number of aromatic nitrogens is 3. The van der Waals surface area contributed by atoms with Crippen LogP contribution in [0.3, 0.4) is 0 Å². The molecule has 0 N–H and O–H groups in total. The van der Waals surface area contributed by atoms with Gasteiger partial charge < -0.3 is 4.90 Å². The zero-order chi connectivity index (χ0) is 15.4. The van der Waals surface area contributed by atoms with Crippen LogP contribution in [0.4, 0.5) is 0 Å². The van der Waals surface area contributed by atoms with Crippen molar-refractivity contribution >= 4 is 5.91 Å². The third-order valence-corrected chi connectivity index (χ3v) is 3.77. The first-order chi connectivity index (χ1) is 10.7. The summed E-state index contributed by atoms with van der Waals surface area (Å²) in [5.41, 5.74) is 1.54. The van der Waals surface area contributed by atoms with Crippen molar-refractivity contribution in [3.63, 3.8) is 0 Å². The monoisotopic (exact) mass is 297 g/mol. The Hall–Kier alpha value is -2.34. The van der Waals surface area contributed by atoms with Crippen molar-refractivity contribution in [2.75, 3.05) is 26.2 Å². The Labute approximate surface area is 129 Å². The van der Waals surface area contributed by atoms with Gasteiger partial charge in [0.1, 0.15) is 11.5 Å². The molecule has 1 amide bonds. The lowest BCUT2D eigenvalue weighted by atomic mass is 10.2. The molecule has 1 fully saturated rings. The lowest BCUT2D eigenvalue weighted by Crippen LogP contribution is -2.48. The molecule has 6 heteroatoms. The molecule has 3 rings (SSSR count). The summed E-state index contributed by atoms with van der Waals surface area (Å²) in [6.07, 6.45) is 3.44. The van der Waals surface area contributed by atoms with Gasteiger partial charge in [-0.1, -0.05) is 6.07 Å². The summed E-state index contributed by atoms with van der Waals surface area (Å²) in [6, 6.07) is 7.63. The minimum atomic E-state index is -0.0111. The van der Waals surface area contributed by atoms with E-state index in [1.165, 1.54) is 0 Å². The molecule has 0 unspecified atom stereocenters. The van der Waals surface area contributed by atoms with Crippen LogP contribution in [0.1, 0.15) is 22.0 Å². The lowest BCUT2D eigenvalue weighted by Gasteiger charge is -2.34. The number of hydrogen-bond donors (Lipinski definition) is 0. The summed E-state index contributed by atoms with van der Waals surface area (Å²) >= 11 is 0. The molecule has 0 radical (unpaired) electrons. The maximum absolute atomic E-state index is 12.4. The average Bonchev–Trinajstić information content (AvgIpc) is 2.56. The standard InChI is InChI=1S/C16H19N5O/c1-13-17-7-5-15(19-13)16(22)21-10-8-20(9-11-21)12-14-4-2-3-6-18-14/h2-7H,8-12H2,1H3. The van der Waals surface area contributed by atoms with Crippen molar-refractivity contribution in [3.8, 4) is 0 Å². The number of pyridine rings is 1. The highest BCUT2D eigenvalue weighted by atomic mass is 16.2. The molecular formula is C16H19N5O. The van der Waals surface area contributed by atoms with E-state index >= 15 is 0 Å². The Morgan fingerprint density at radius 2 is 1.91 bits per heavy atom. The smallest absolute Gasteiger partial charge is 0.272 e. The number of carbonyl (C=O) groups is 1. The maximum Gasteiger partial charge on any atom is 0.272 e. The fourth-order valence-corrected chi connectivity index (χ4v) is 2.57. The van der Waals surface area contributed by atoms with Gasteiger partial charge in [0.15, 0.2) is 0 Å². The quantitative estimate of drug-likeness (QED) is 0.850. The van der Waals surface area contributed by atoms with Crippen LogP contribution in [0.15, 0.2) is 36.7 Å².